The highest BCUT2D eigenvalue weighted by atomic mass is 16.3. The first-order valence-corrected chi connectivity index (χ1v) is 20.3. The van der Waals surface area contributed by atoms with E-state index in [1.54, 1.807) is 0 Å². The lowest BCUT2D eigenvalue weighted by Gasteiger charge is -2.42. The molecule has 11 aromatic rings. The third-order valence-corrected chi connectivity index (χ3v) is 13.4. The molecule has 274 valence electrons. The van der Waals surface area contributed by atoms with Crippen LogP contribution in [0, 0.1) is 0 Å². The summed E-state index contributed by atoms with van der Waals surface area (Å²) in [5, 5.41) is 10.00. The van der Waals surface area contributed by atoms with Crippen LogP contribution in [0.1, 0.15) is 51.7 Å². The molecule has 12 rings (SSSR count). The summed E-state index contributed by atoms with van der Waals surface area (Å²) >= 11 is 0. The quantitative estimate of drug-likeness (QED) is 0.177. The Bertz CT molecular complexity index is 3440. The highest BCUT2D eigenvalue weighted by molar-refractivity contribution is 6.25. The smallest absolute Gasteiger partial charge is 0.135 e. The van der Waals surface area contributed by atoms with Gasteiger partial charge >= 0.3 is 0 Å². The number of nitrogens with zero attached hydrogens (tertiary/aromatic N) is 2. The van der Waals surface area contributed by atoms with Gasteiger partial charge in [0, 0.05) is 43.7 Å². The Morgan fingerprint density at radius 1 is 0.404 bits per heavy atom. The van der Waals surface area contributed by atoms with E-state index < -0.39 is 0 Å². The SMILES string of the molecule is CC1(C)CCC(C)(C)c2cc3c(cc21)c1cc2c(cc1n3-c1ccc(-c3ccc4oc5ccccc5c4c3)cc1)c1c3ccccc3ccc1n2-c1ccccc1. The Morgan fingerprint density at radius 3 is 1.79 bits per heavy atom. The summed E-state index contributed by atoms with van der Waals surface area (Å²) < 4.78 is 11.2. The number of rotatable bonds is 3. The van der Waals surface area contributed by atoms with E-state index in [9.17, 15) is 0 Å². The molecule has 3 heterocycles. The predicted octanol–water partition coefficient (Wildman–Crippen LogP) is 14.9. The monoisotopic (exact) mass is 734 g/mol. The topological polar surface area (TPSA) is 23.0 Å². The maximum absolute atomic E-state index is 6.16. The van der Waals surface area contributed by atoms with Crippen molar-refractivity contribution in [2.24, 2.45) is 0 Å². The molecule has 0 amide bonds. The van der Waals surface area contributed by atoms with E-state index in [2.05, 4.69) is 182 Å². The highest BCUT2D eigenvalue weighted by Gasteiger charge is 2.38. The van der Waals surface area contributed by atoms with Crippen LogP contribution >= 0.6 is 0 Å². The van der Waals surface area contributed by atoms with Gasteiger partial charge in [-0.25, -0.2) is 0 Å². The molecule has 0 atom stereocenters. The molecule has 57 heavy (non-hydrogen) atoms. The van der Waals surface area contributed by atoms with Gasteiger partial charge in [0.25, 0.3) is 0 Å². The van der Waals surface area contributed by atoms with Gasteiger partial charge < -0.3 is 13.6 Å². The molecule has 1 aliphatic rings. The van der Waals surface area contributed by atoms with Crippen molar-refractivity contribution in [2.75, 3.05) is 0 Å². The first-order chi connectivity index (χ1) is 27.7. The molecule has 1 aliphatic carbocycles. The molecular formula is C54H42N2O. The fraction of sp³-hybridized carbons (Fsp3) is 0.148. The summed E-state index contributed by atoms with van der Waals surface area (Å²) in [5.41, 5.74) is 14.6. The van der Waals surface area contributed by atoms with Crippen LogP contribution in [0.4, 0.5) is 0 Å². The van der Waals surface area contributed by atoms with Crippen LogP contribution in [-0.4, -0.2) is 9.13 Å². The van der Waals surface area contributed by atoms with E-state index in [-0.39, 0.29) is 10.8 Å². The van der Waals surface area contributed by atoms with Gasteiger partial charge in [-0.2, -0.15) is 0 Å². The molecule has 0 bridgehead atoms. The molecular weight excluding hydrogens is 693 g/mol. The van der Waals surface area contributed by atoms with Gasteiger partial charge in [0.05, 0.1) is 22.1 Å². The van der Waals surface area contributed by atoms with Gasteiger partial charge in [-0.1, -0.05) is 113 Å². The minimum absolute atomic E-state index is 0.0871. The first kappa shape index (κ1) is 32.6. The zero-order valence-corrected chi connectivity index (χ0v) is 32.7. The number of benzene rings is 8. The summed E-state index contributed by atoms with van der Waals surface area (Å²) in [4.78, 5) is 0. The Balaban J connectivity index is 1.16. The van der Waals surface area contributed by atoms with E-state index in [4.69, 9.17) is 4.42 Å². The maximum Gasteiger partial charge on any atom is 0.135 e. The van der Waals surface area contributed by atoms with E-state index >= 15 is 0 Å². The zero-order valence-electron chi connectivity index (χ0n) is 32.7. The van der Waals surface area contributed by atoms with Crippen molar-refractivity contribution in [2.45, 2.75) is 51.4 Å². The van der Waals surface area contributed by atoms with Crippen LogP contribution < -0.4 is 0 Å². The Hall–Kier alpha value is -6.58. The normalized spacial score (nSPS) is 15.2. The van der Waals surface area contributed by atoms with Crippen molar-refractivity contribution >= 4 is 76.3 Å². The lowest BCUT2D eigenvalue weighted by Crippen LogP contribution is -2.33. The highest BCUT2D eigenvalue weighted by Crippen LogP contribution is 2.49. The molecule has 8 aromatic carbocycles. The van der Waals surface area contributed by atoms with Crippen LogP contribution in [0.25, 0.3) is 98.8 Å². The summed E-state index contributed by atoms with van der Waals surface area (Å²) in [7, 11) is 0. The third kappa shape index (κ3) is 4.66. The van der Waals surface area contributed by atoms with Crippen molar-refractivity contribution in [1.29, 1.82) is 0 Å². The molecule has 0 fully saturated rings. The van der Waals surface area contributed by atoms with Crippen molar-refractivity contribution in [3.05, 3.63) is 169 Å². The van der Waals surface area contributed by atoms with Gasteiger partial charge in [0.15, 0.2) is 0 Å². The van der Waals surface area contributed by atoms with Crippen LogP contribution in [0.15, 0.2) is 162 Å². The van der Waals surface area contributed by atoms with Gasteiger partial charge in [-0.05, 0) is 129 Å². The minimum Gasteiger partial charge on any atom is -0.456 e. The molecule has 0 radical (unpaired) electrons. The molecule has 0 spiro atoms. The molecule has 0 saturated heterocycles. The zero-order chi connectivity index (χ0) is 38.2. The van der Waals surface area contributed by atoms with E-state index in [0.29, 0.717) is 0 Å². The summed E-state index contributed by atoms with van der Waals surface area (Å²) in [6.45, 7) is 9.74. The first-order valence-electron chi connectivity index (χ1n) is 20.3. The number of hydrogen-bond acceptors (Lipinski definition) is 1. The van der Waals surface area contributed by atoms with Gasteiger partial charge in [-0.15, -0.1) is 0 Å². The fourth-order valence-electron chi connectivity index (χ4n) is 10.2. The van der Waals surface area contributed by atoms with Crippen molar-refractivity contribution in [3.8, 4) is 22.5 Å². The van der Waals surface area contributed by atoms with Crippen LogP contribution in [-0.2, 0) is 10.8 Å². The predicted molar refractivity (Wildman–Crippen MR) is 241 cm³/mol. The number of hydrogen-bond donors (Lipinski definition) is 0. The van der Waals surface area contributed by atoms with Crippen LogP contribution in [0.5, 0.6) is 0 Å². The number of fused-ring (bicyclic) bond motifs is 12. The minimum atomic E-state index is 0.0871. The van der Waals surface area contributed by atoms with E-state index in [1.165, 1.54) is 95.2 Å². The number of para-hydroxylation sites is 2. The van der Waals surface area contributed by atoms with Crippen LogP contribution in [0.2, 0.25) is 0 Å². The average Bonchev–Trinajstić information content (AvgIpc) is 3.88. The van der Waals surface area contributed by atoms with E-state index in [1.807, 2.05) is 12.1 Å². The van der Waals surface area contributed by atoms with Crippen molar-refractivity contribution in [1.82, 2.24) is 9.13 Å². The van der Waals surface area contributed by atoms with Crippen molar-refractivity contribution < 1.29 is 4.42 Å². The lowest BCUT2D eigenvalue weighted by atomic mass is 9.63. The fourth-order valence-corrected chi connectivity index (χ4v) is 10.2. The molecule has 3 heteroatoms. The standard InChI is InChI=1S/C54H42N2O/c1-53(2)26-27-54(3,4)45-32-49-40(29-44(45)53)41-30-48-43(52-38-15-9-8-12-34(38)20-24-46(52)55(48)36-13-6-5-7-14-36)31-47(41)56(49)37-22-18-33(19-23-37)35-21-25-51-42(28-35)39-16-10-11-17-50(39)57-51/h5-25,28-32H,26-27H2,1-4H3. The van der Waals surface area contributed by atoms with E-state index in [0.717, 1.165) is 27.6 Å². The molecule has 0 saturated carbocycles. The molecule has 3 nitrogen and oxygen atoms in total. The van der Waals surface area contributed by atoms with Gasteiger partial charge in [-0.3, -0.25) is 0 Å². The number of aromatic nitrogens is 2. The van der Waals surface area contributed by atoms with Crippen LogP contribution in [0.3, 0.4) is 0 Å². The summed E-state index contributed by atoms with van der Waals surface area (Å²) in [6.07, 6.45) is 2.35. The Kier molecular flexibility index (Phi) is 6.58. The Morgan fingerprint density at radius 2 is 0.982 bits per heavy atom. The summed E-state index contributed by atoms with van der Waals surface area (Å²) in [6, 6.07) is 58.4. The van der Waals surface area contributed by atoms with Gasteiger partial charge in [0.2, 0.25) is 0 Å². The molecule has 0 unspecified atom stereocenters. The second kappa shape index (κ2) is 11.5. The average molecular weight is 735 g/mol. The molecule has 3 aromatic heterocycles. The maximum atomic E-state index is 6.16. The van der Waals surface area contributed by atoms with Crippen molar-refractivity contribution in [3.63, 3.8) is 0 Å². The van der Waals surface area contributed by atoms with Gasteiger partial charge in [0.1, 0.15) is 11.2 Å². The largest absolute Gasteiger partial charge is 0.456 e. The Labute approximate surface area is 331 Å². The molecule has 0 aliphatic heterocycles. The second-order valence-electron chi connectivity index (χ2n) is 17.6. The second-order valence-corrected chi connectivity index (χ2v) is 17.6. The lowest BCUT2D eigenvalue weighted by molar-refractivity contribution is 0.332. The number of furan rings is 1. The molecule has 0 N–H and O–H groups in total. The summed E-state index contributed by atoms with van der Waals surface area (Å²) in [5.74, 6) is 0. The third-order valence-electron chi connectivity index (χ3n) is 13.4.